The van der Waals surface area contributed by atoms with Crippen molar-refractivity contribution in [1.82, 2.24) is 15.5 Å². The molecule has 1 amide bonds. The lowest BCUT2D eigenvalue weighted by molar-refractivity contribution is -0.117. The zero-order valence-electron chi connectivity index (χ0n) is 15.5. The molecular formula is C19H28N6O. The van der Waals surface area contributed by atoms with Gasteiger partial charge in [0.05, 0.1) is 12.2 Å². The molecule has 0 unspecified atom stereocenters. The highest BCUT2D eigenvalue weighted by Gasteiger charge is 2.18. The lowest BCUT2D eigenvalue weighted by atomic mass is 10.0. The molecule has 5 N–H and O–H groups in total. The van der Waals surface area contributed by atoms with E-state index in [-0.39, 0.29) is 5.91 Å². The normalized spacial score (nSPS) is 15.9. The van der Waals surface area contributed by atoms with Gasteiger partial charge in [-0.15, -0.1) is 0 Å². The fourth-order valence-electron chi connectivity index (χ4n) is 3.21. The number of aromatic nitrogens is 2. The van der Waals surface area contributed by atoms with E-state index in [4.69, 9.17) is 5.73 Å². The van der Waals surface area contributed by atoms with Gasteiger partial charge >= 0.3 is 0 Å². The smallest absolute Gasteiger partial charge is 0.242 e. The summed E-state index contributed by atoms with van der Waals surface area (Å²) in [6.45, 7) is 8.15. The molecule has 140 valence electrons. The molecule has 1 fully saturated rings. The van der Waals surface area contributed by atoms with Gasteiger partial charge in [-0.25, -0.2) is 0 Å². The molecule has 1 saturated heterocycles. The van der Waals surface area contributed by atoms with E-state index in [0.717, 1.165) is 37.3 Å². The number of piperazine rings is 1. The molecule has 0 aliphatic carbocycles. The van der Waals surface area contributed by atoms with E-state index in [2.05, 4.69) is 63.8 Å². The van der Waals surface area contributed by atoms with Crippen LogP contribution in [0.2, 0.25) is 0 Å². The highest BCUT2D eigenvalue weighted by Crippen LogP contribution is 2.28. The van der Waals surface area contributed by atoms with Crippen LogP contribution in [-0.4, -0.2) is 48.3 Å². The van der Waals surface area contributed by atoms with E-state index in [1.165, 1.54) is 5.69 Å². The van der Waals surface area contributed by atoms with Gasteiger partial charge in [0.25, 0.3) is 0 Å². The minimum Gasteiger partial charge on any atom is -0.369 e. The molecule has 1 atom stereocenters. The van der Waals surface area contributed by atoms with Crippen molar-refractivity contribution in [3.63, 3.8) is 0 Å². The van der Waals surface area contributed by atoms with E-state index in [9.17, 15) is 4.79 Å². The summed E-state index contributed by atoms with van der Waals surface area (Å²) < 4.78 is 0. The van der Waals surface area contributed by atoms with E-state index in [1.807, 2.05) is 0 Å². The predicted molar refractivity (Wildman–Crippen MR) is 105 cm³/mol. The number of nitrogens with zero attached hydrogens (tertiary/aromatic N) is 2. The monoisotopic (exact) mass is 356 g/mol. The Morgan fingerprint density at radius 3 is 2.62 bits per heavy atom. The standard InChI is InChI=1S/C19H28N6O/c1-13(2)11-17(20)19(26)23-18-16(12-22-24-18)14-3-5-15(6-4-14)25-9-7-21-8-10-25/h3-6,12-13,17,21H,7-11,20H2,1-2H3,(H2,22,23,24,26)/t17-/m0/s1. The van der Waals surface area contributed by atoms with Crippen molar-refractivity contribution in [1.29, 1.82) is 0 Å². The second-order valence-electron chi connectivity index (χ2n) is 7.17. The molecule has 0 bridgehead atoms. The first-order valence-corrected chi connectivity index (χ1v) is 9.20. The maximum absolute atomic E-state index is 12.3. The van der Waals surface area contributed by atoms with Gasteiger partial charge in [-0.1, -0.05) is 26.0 Å². The third kappa shape index (κ3) is 4.42. The van der Waals surface area contributed by atoms with E-state index < -0.39 is 6.04 Å². The molecule has 0 spiro atoms. The van der Waals surface area contributed by atoms with Crippen molar-refractivity contribution in [2.45, 2.75) is 26.3 Å². The van der Waals surface area contributed by atoms with Crippen molar-refractivity contribution >= 4 is 17.4 Å². The minimum absolute atomic E-state index is 0.193. The largest absolute Gasteiger partial charge is 0.369 e. The minimum atomic E-state index is -0.527. The number of amides is 1. The number of benzene rings is 1. The van der Waals surface area contributed by atoms with Crippen LogP contribution in [0, 0.1) is 5.92 Å². The molecule has 1 aliphatic rings. The SMILES string of the molecule is CC(C)C[C@H](N)C(=O)Nc1[nH]ncc1-c1ccc(N2CCNCC2)cc1. The number of nitrogens with one attached hydrogen (secondary N) is 3. The van der Waals surface area contributed by atoms with Gasteiger partial charge in [-0.05, 0) is 30.0 Å². The third-order valence-electron chi connectivity index (χ3n) is 4.61. The van der Waals surface area contributed by atoms with Crippen LogP contribution >= 0.6 is 0 Å². The van der Waals surface area contributed by atoms with E-state index >= 15 is 0 Å². The van der Waals surface area contributed by atoms with Crippen LogP contribution in [-0.2, 0) is 4.79 Å². The zero-order valence-corrected chi connectivity index (χ0v) is 15.5. The van der Waals surface area contributed by atoms with Gasteiger partial charge in [-0.2, -0.15) is 5.10 Å². The second kappa shape index (κ2) is 8.33. The molecule has 3 rings (SSSR count). The van der Waals surface area contributed by atoms with Gasteiger partial charge < -0.3 is 21.3 Å². The Kier molecular flexibility index (Phi) is 5.90. The first kappa shape index (κ1) is 18.4. The summed E-state index contributed by atoms with van der Waals surface area (Å²) in [5.41, 5.74) is 9.05. The van der Waals surface area contributed by atoms with Crippen molar-refractivity contribution < 1.29 is 4.79 Å². The van der Waals surface area contributed by atoms with Crippen molar-refractivity contribution in [2.75, 3.05) is 36.4 Å². The molecular weight excluding hydrogens is 328 g/mol. The molecule has 2 aromatic rings. The summed E-state index contributed by atoms with van der Waals surface area (Å²) >= 11 is 0. The van der Waals surface area contributed by atoms with Crippen molar-refractivity contribution in [3.05, 3.63) is 30.5 Å². The number of aromatic amines is 1. The summed E-state index contributed by atoms with van der Waals surface area (Å²) in [4.78, 5) is 14.7. The van der Waals surface area contributed by atoms with Crippen LogP contribution in [0.4, 0.5) is 11.5 Å². The number of rotatable bonds is 6. The average Bonchev–Trinajstić information content (AvgIpc) is 3.10. The first-order valence-electron chi connectivity index (χ1n) is 9.20. The highest BCUT2D eigenvalue weighted by molar-refractivity contribution is 5.97. The zero-order chi connectivity index (χ0) is 18.5. The summed E-state index contributed by atoms with van der Waals surface area (Å²) in [5, 5.41) is 13.2. The van der Waals surface area contributed by atoms with Crippen molar-refractivity contribution in [3.8, 4) is 11.1 Å². The highest BCUT2D eigenvalue weighted by atomic mass is 16.2. The summed E-state index contributed by atoms with van der Waals surface area (Å²) in [6.07, 6.45) is 2.37. The Labute approximate surface area is 154 Å². The lowest BCUT2D eigenvalue weighted by Gasteiger charge is -2.29. The number of carbonyl (C=O) groups is 1. The van der Waals surface area contributed by atoms with Gasteiger partial charge in [0.15, 0.2) is 0 Å². The van der Waals surface area contributed by atoms with Gasteiger partial charge in [-0.3, -0.25) is 9.89 Å². The van der Waals surface area contributed by atoms with E-state index in [0.29, 0.717) is 18.2 Å². The summed E-state index contributed by atoms with van der Waals surface area (Å²) in [5.74, 6) is 0.764. The molecule has 1 aromatic heterocycles. The van der Waals surface area contributed by atoms with Crippen LogP contribution in [0.3, 0.4) is 0 Å². The number of anilines is 2. The fourth-order valence-corrected chi connectivity index (χ4v) is 3.21. The van der Waals surface area contributed by atoms with Crippen LogP contribution in [0.25, 0.3) is 11.1 Å². The average molecular weight is 356 g/mol. The Morgan fingerprint density at radius 2 is 1.96 bits per heavy atom. The fraction of sp³-hybridized carbons (Fsp3) is 0.474. The van der Waals surface area contributed by atoms with Crippen LogP contribution < -0.4 is 21.3 Å². The Balaban J connectivity index is 1.70. The Bertz CT molecular complexity index is 718. The Morgan fingerprint density at radius 1 is 1.27 bits per heavy atom. The number of nitrogens with two attached hydrogens (primary N) is 1. The van der Waals surface area contributed by atoms with Crippen molar-refractivity contribution in [2.24, 2.45) is 11.7 Å². The maximum Gasteiger partial charge on any atom is 0.242 e. The Hall–Kier alpha value is -2.38. The van der Waals surface area contributed by atoms with Gasteiger partial charge in [0.1, 0.15) is 5.82 Å². The molecule has 26 heavy (non-hydrogen) atoms. The molecule has 0 saturated carbocycles. The van der Waals surface area contributed by atoms with E-state index in [1.54, 1.807) is 6.20 Å². The third-order valence-corrected chi connectivity index (χ3v) is 4.61. The quantitative estimate of drug-likeness (QED) is 0.632. The lowest BCUT2D eigenvalue weighted by Crippen LogP contribution is -2.43. The first-order chi connectivity index (χ1) is 12.5. The predicted octanol–water partition coefficient (Wildman–Crippen LogP) is 1.80. The number of carbonyl (C=O) groups excluding carboxylic acids is 1. The summed E-state index contributed by atoms with van der Waals surface area (Å²) in [6, 6.07) is 7.83. The molecule has 0 radical (unpaired) electrons. The maximum atomic E-state index is 12.3. The molecule has 7 nitrogen and oxygen atoms in total. The number of hydrogen-bond donors (Lipinski definition) is 4. The molecule has 1 aromatic carbocycles. The topological polar surface area (TPSA) is 99.1 Å². The van der Waals surface area contributed by atoms with Crippen LogP contribution in [0.5, 0.6) is 0 Å². The molecule has 2 heterocycles. The molecule has 1 aliphatic heterocycles. The van der Waals surface area contributed by atoms with Crippen LogP contribution in [0.1, 0.15) is 20.3 Å². The number of H-pyrrole nitrogens is 1. The van der Waals surface area contributed by atoms with Gasteiger partial charge in [0.2, 0.25) is 5.91 Å². The summed E-state index contributed by atoms with van der Waals surface area (Å²) in [7, 11) is 0. The molecule has 7 heteroatoms. The second-order valence-corrected chi connectivity index (χ2v) is 7.17. The number of hydrogen-bond acceptors (Lipinski definition) is 5. The van der Waals surface area contributed by atoms with Crippen LogP contribution in [0.15, 0.2) is 30.5 Å². The van der Waals surface area contributed by atoms with Gasteiger partial charge in [0, 0.05) is 37.4 Å².